The Bertz CT molecular complexity index is 381. The molecule has 88 valence electrons. The van der Waals surface area contributed by atoms with Crippen LogP contribution in [0.2, 0.25) is 0 Å². The van der Waals surface area contributed by atoms with Crippen LogP contribution in [-0.2, 0) is 0 Å². The minimum absolute atomic E-state index is 0.102. The van der Waals surface area contributed by atoms with E-state index in [4.69, 9.17) is 16.7 Å². The molecule has 0 aliphatic heterocycles. The molecule has 0 radical (unpaired) electrons. The lowest BCUT2D eigenvalue weighted by Gasteiger charge is -2.09. The zero-order valence-corrected chi connectivity index (χ0v) is 9.66. The van der Waals surface area contributed by atoms with Crippen molar-refractivity contribution < 1.29 is 15.0 Å². The number of carbonyl (C=O) groups excluding carboxylic acids is 1. The molecule has 0 aliphatic carbocycles. The van der Waals surface area contributed by atoms with E-state index in [1.165, 1.54) is 18.2 Å². The second-order valence-electron chi connectivity index (χ2n) is 3.42. The van der Waals surface area contributed by atoms with Crippen molar-refractivity contribution in [1.82, 2.24) is 5.32 Å². The number of rotatable bonds is 4. The van der Waals surface area contributed by atoms with Crippen LogP contribution in [0.5, 0.6) is 11.5 Å². The molecular formula is C11H14ClNO3. The van der Waals surface area contributed by atoms with E-state index in [2.05, 4.69) is 5.32 Å². The molecule has 0 heterocycles. The van der Waals surface area contributed by atoms with E-state index >= 15 is 0 Å². The Hall–Kier alpha value is -1.42. The second kappa shape index (κ2) is 5.61. The summed E-state index contributed by atoms with van der Waals surface area (Å²) in [5.41, 5.74) is 0.287. The van der Waals surface area contributed by atoms with Crippen LogP contribution in [0.1, 0.15) is 23.7 Å². The first-order chi connectivity index (χ1) is 7.54. The van der Waals surface area contributed by atoms with E-state index < -0.39 is 0 Å². The smallest absolute Gasteiger partial charge is 0.251 e. The van der Waals surface area contributed by atoms with Gasteiger partial charge < -0.3 is 15.5 Å². The first-order valence-electron chi connectivity index (χ1n) is 4.98. The molecule has 0 saturated carbocycles. The number of nitrogens with one attached hydrogen (secondary N) is 1. The molecule has 16 heavy (non-hydrogen) atoms. The number of phenols is 2. The number of aromatic hydroxyl groups is 2. The van der Waals surface area contributed by atoms with Crippen molar-refractivity contribution in [3.05, 3.63) is 23.8 Å². The third-order valence-corrected chi connectivity index (χ3v) is 2.63. The molecule has 1 aromatic carbocycles. The summed E-state index contributed by atoms with van der Waals surface area (Å²) in [4.78, 5) is 11.6. The first-order valence-corrected chi connectivity index (χ1v) is 5.42. The van der Waals surface area contributed by atoms with Crippen molar-refractivity contribution in [2.45, 2.75) is 18.7 Å². The van der Waals surface area contributed by atoms with Crippen LogP contribution in [0.25, 0.3) is 0 Å². The summed E-state index contributed by atoms with van der Waals surface area (Å²) in [6, 6.07) is 3.90. The quantitative estimate of drug-likeness (QED) is 0.558. The molecule has 1 aromatic rings. The summed E-state index contributed by atoms with van der Waals surface area (Å²) >= 11 is 5.85. The van der Waals surface area contributed by atoms with Crippen molar-refractivity contribution in [3.8, 4) is 11.5 Å². The van der Waals surface area contributed by atoms with Crippen LogP contribution in [-0.4, -0.2) is 28.0 Å². The molecule has 0 bridgehead atoms. The fourth-order valence-corrected chi connectivity index (χ4v) is 1.19. The number of halogens is 1. The zero-order valence-electron chi connectivity index (χ0n) is 8.90. The first kappa shape index (κ1) is 12.6. The van der Waals surface area contributed by atoms with Gasteiger partial charge in [-0.3, -0.25) is 4.79 Å². The number of hydrogen-bond acceptors (Lipinski definition) is 3. The molecule has 0 aliphatic rings. The van der Waals surface area contributed by atoms with Gasteiger partial charge in [0.05, 0.1) is 5.38 Å². The molecule has 0 spiro atoms. The lowest BCUT2D eigenvalue weighted by atomic mass is 10.2. The monoisotopic (exact) mass is 243 g/mol. The van der Waals surface area contributed by atoms with E-state index in [0.717, 1.165) is 6.42 Å². The molecule has 1 rings (SSSR count). The summed E-state index contributed by atoms with van der Waals surface area (Å²) in [5.74, 6) is -0.889. The van der Waals surface area contributed by atoms with Crippen LogP contribution in [0.3, 0.4) is 0 Å². The number of alkyl halides is 1. The standard InChI is InChI=1S/C11H14ClNO3/c1-2-8(12)6-13-11(16)7-3-4-9(14)10(15)5-7/h3-5,8,14-15H,2,6H2,1H3,(H,13,16). The third kappa shape index (κ3) is 3.31. The van der Waals surface area contributed by atoms with Gasteiger partial charge in [-0.25, -0.2) is 0 Å². The Kier molecular flexibility index (Phi) is 4.43. The van der Waals surface area contributed by atoms with Crippen molar-refractivity contribution >= 4 is 17.5 Å². The van der Waals surface area contributed by atoms with Crippen LogP contribution in [0, 0.1) is 0 Å². The molecule has 0 fully saturated rings. The van der Waals surface area contributed by atoms with Crippen molar-refractivity contribution in [3.63, 3.8) is 0 Å². The van der Waals surface area contributed by atoms with Gasteiger partial charge in [-0.05, 0) is 24.6 Å². The molecule has 1 atom stereocenters. The van der Waals surface area contributed by atoms with Gasteiger partial charge in [0, 0.05) is 12.1 Å². The minimum Gasteiger partial charge on any atom is -0.504 e. The Morgan fingerprint density at radius 1 is 1.44 bits per heavy atom. The highest BCUT2D eigenvalue weighted by molar-refractivity contribution is 6.20. The number of hydrogen-bond donors (Lipinski definition) is 3. The fraction of sp³-hybridized carbons (Fsp3) is 0.364. The van der Waals surface area contributed by atoms with Gasteiger partial charge in [-0.2, -0.15) is 0 Å². The average Bonchev–Trinajstić information content (AvgIpc) is 2.29. The van der Waals surface area contributed by atoms with E-state index in [0.29, 0.717) is 6.54 Å². The highest BCUT2D eigenvalue weighted by Crippen LogP contribution is 2.24. The Labute approximate surface area is 98.9 Å². The summed E-state index contributed by atoms with van der Waals surface area (Å²) < 4.78 is 0. The highest BCUT2D eigenvalue weighted by Gasteiger charge is 2.09. The molecule has 0 aromatic heterocycles. The summed E-state index contributed by atoms with van der Waals surface area (Å²) in [7, 11) is 0. The Morgan fingerprint density at radius 3 is 2.69 bits per heavy atom. The van der Waals surface area contributed by atoms with Gasteiger partial charge in [-0.15, -0.1) is 11.6 Å². The topological polar surface area (TPSA) is 69.6 Å². The second-order valence-corrected chi connectivity index (χ2v) is 4.04. The number of phenolic OH excluding ortho intramolecular Hbond substituents is 2. The van der Waals surface area contributed by atoms with Crippen LogP contribution >= 0.6 is 11.6 Å². The predicted octanol–water partition coefficient (Wildman–Crippen LogP) is 1.85. The number of amides is 1. The largest absolute Gasteiger partial charge is 0.504 e. The van der Waals surface area contributed by atoms with Crippen LogP contribution in [0.15, 0.2) is 18.2 Å². The van der Waals surface area contributed by atoms with E-state index in [1.54, 1.807) is 0 Å². The molecule has 5 heteroatoms. The number of benzene rings is 1. The normalized spacial score (nSPS) is 12.1. The van der Waals surface area contributed by atoms with Gasteiger partial charge in [0.2, 0.25) is 0 Å². The molecule has 1 unspecified atom stereocenters. The van der Waals surface area contributed by atoms with Crippen molar-refractivity contribution in [2.75, 3.05) is 6.54 Å². The summed E-state index contributed by atoms with van der Waals surface area (Å²) in [5, 5.41) is 20.8. The lowest BCUT2D eigenvalue weighted by molar-refractivity contribution is 0.0953. The van der Waals surface area contributed by atoms with E-state index in [1.807, 2.05) is 6.92 Å². The Balaban J connectivity index is 2.63. The van der Waals surface area contributed by atoms with Gasteiger partial charge >= 0.3 is 0 Å². The molecule has 3 N–H and O–H groups in total. The van der Waals surface area contributed by atoms with Crippen molar-refractivity contribution in [2.24, 2.45) is 0 Å². The fourth-order valence-electron chi connectivity index (χ4n) is 1.11. The Morgan fingerprint density at radius 2 is 2.12 bits per heavy atom. The van der Waals surface area contributed by atoms with Gasteiger partial charge in [0.1, 0.15) is 0 Å². The maximum Gasteiger partial charge on any atom is 0.251 e. The molecular weight excluding hydrogens is 230 g/mol. The molecule has 4 nitrogen and oxygen atoms in total. The predicted molar refractivity (Wildman–Crippen MR) is 62.0 cm³/mol. The SMILES string of the molecule is CCC(Cl)CNC(=O)c1ccc(O)c(O)c1. The maximum atomic E-state index is 11.6. The van der Waals surface area contributed by atoms with Crippen LogP contribution < -0.4 is 5.32 Å². The third-order valence-electron chi connectivity index (χ3n) is 2.16. The van der Waals surface area contributed by atoms with Crippen molar-refractivity contribution in [1.29, 1.82) is 0 Å². The lowest BCUT2D eigenvalue weighted by Crippen LogP contribution is -2.29. The average molecular weight is 244 g/mol. The summed E-state index contributed by atoms with van der Waals surface area (Å²) in [6.45, 7) is 2.30. The zero-order chi connectivity index (χ0) is 12.1. The van der Waals surface area contributed by atoms with E-state index in [9.17, 15) is 9.90 Å². The van der Waals surface area contributed by atoms with Gasteiger partial charge in [-0.1, -0.05) is 6.92 Å². The van der Waals surface area contributed by atoms with Gasteiger partial charge in [0.25, 0.3) is 5.91 Å². The summed E-state index contributed by atoms with van der Waals surface area (Å²) in [6.07, 6.45) is 0.767. The minimum atomic E-state index is -0.325. The van der Waals surface area contributed by atoms with E-state index in [-0.39, 0.29) is 28.3 Å². The molecule has 1 amide bonds. The van der Waals surface area contributed by atoms with Gasteiger partial charge in [0.15, 0.2) is 11.5 Å². The molecule has 0 saturated heterocycles. The maximum absolute atomic E-state index is 11.6. The van der Waals surface area contributed by atoms with Crippen LogP contribution in [0.4, 0.5) is 0 Å². The number of carbonyl (C=O) groups is 1. The highest BCUT2D eigenvalue weighted by atomic mass is 35.5.